The van der Waals surface area contributed by atoms with E-state index in [0.717, 1.165) is 31.5 Å². The topological polar surface area (TPSA) is 58.4 Å². The van der Waals surface area contributed by atoms with Crippen molar-refractivity contribution in [2.45, 2.75) is 36.6 Å². The van der Waals surface area contributed by atoms with Crippen molar-refractivity contribution in [3.8, 4) is 11.3 Å². The van der Waals surface area contributed by atoms with Gasteiger partial charge < -0.3 is 4.90 Å². The predicted octanol–water partition coefficient (Wildman–Crippen LogP) is 2.60. The molecule has 0 radical (unpaired) electrons. The third kappa shape index (κ3) is 3.31. The third-order valence-corrected chi connectivity index (χ3v) is 7.42. The maximum absolute atomic E-state index is 13.4. The number of rotatable bonds is 4. The Hall–Kier alpha value is -1.70. The summed E-state index contributed by atoms with van der Waals surface area (Å²) in [6, 6.07) is 9.97. The number of aromatic nitrogens is 2. The summed E-state index contributed by atoms with van der Waals surface area (Å²) >= 11 is 0. The van der Waals surface area contributed by atoms with E-state index in [2.05, 4.69) is 4.90 Å². The van der Waals surface area contributed by atoms with E-state index in [0.29, 0.717) is 29.7 Å². The standard InChI is InChI=1S/C19H26N4O2S/c1-21-11-13-22(14-12-21)26(24,25)18-15-23(17-9-5-6-10-17)20-19(18)16-7-3-2-4-8-16/h2-4,7-8,15,17H,5-6,9-14H2,1H3. The third-order valence-electron chi connectivity index (χ3n) is 5.52. The molecule has 2 aromatic rings. The molecular weight excluding hydrogens is 348 g/mol. The molecule has 0 amide bonds. The van der Waals surface area contributed by atoms with Crippen LogP contribution in [0.4, 0.5) is 0 Å². The van der Waals surface area contributed by atoms with Gasteiger partial charge in [-0.25, -0.2) is 8.42 Å². The van der Waals surface area contributed by atoms with Gasteiger partial charge in [-0.15, -0.1) is 0 Å². The van der Waals surface area contributed by atoms with Crippen LogP contribution in [0.25, 0.3) is 11.3 Å². The second-order valence-corrected chi connectivity index (χ2v) is 9.24. The zero-order valence-corrected chi connectivity index (χ0v) is 16.0. The highest BCUT2D eigenvalue weighted by Crippen LogP contribution is 2.34. The molecule has 1 saturated carbocycles. The number of sulfonamides is 1. The van der Waals surface area contributed by atoms with Crippen molar-refractivity contribution < 1.29 is 8.42 Å². The normalized spacial score (nSPS) is 20.7. The van der Waals surface area contributed by atoms with Gasteiger partial charge in [-0.05, 0) is 19.9 Å². The smallest absolute Gasteiger partial charge is 0.246 e. The Kier molecular flexibility index (Phi) is 4.86. The zero-order valence-electron chi connectivity index (χ0n) is 15.2. The highest BCUT2D eigenvalue weighted by atomic mass is 32.2. The number of likely N-dealkylation sites (N-methyl/N-ethyl adjacent to an activating group) is 1. The van der Waals surface area contributed by atoms with E-state index in [1.54, 1.807) is 10.5 Å². The first-order valence-corrected chi connectivity index (χ1v) is 10.8. The summed E-state index contributed by atoms with van der Waals surface area (Å²) in [7, 11) is -1.52. The van der Waals surface area contributed by atoms with Crippen LogP contribution in [0, 0.1) is 0 Å². The number of nitrogens with zero attached hydrogens (tertiary/aromatic N) is 4. The average Bonchev–Trinajstić information content (AvgIpc) is 3.33. The Morgan fingerprint density at radius 3 is 2.31 bits per heavy atom. The van der Waals surface area contributed by atoms with Gasteiger partial charge >= 0.3 is 0 Å². The van der Waals surface area contributed by atoms with Crippen LogP contribution in [-0.2, 0) is 10.0 Å². The van der Waals surface area contributed by atoms with Crippen molar-refractivity contribution in [1.82, 2.24) is 19.0 Å². The first-order valence-electron chi connectivity index (χ1n) is 9.39. The van der Waals surface area contributed by atoms with Crippen molar-refractivity contribution >= 4 is 10.0 Å². The van der Waals surface area contributed by atoms with Crippen molar-refractivity contribution in [3.63, 3.8) is 0 Å². The fraction of sp³-hybridized carbons (Fsp3) is 0.526. The highest BCUT2D eigenvalue weighted by Gasteiger charge is 2.33. The summed E-state index contributed by atoms with van der Waals surface area (Å²) in [5.74, 6) is 0. The van der Waals surface area contributed by atoms with Crippen LogP contribution in [-0.4, -0.2) is 60.6 Å². The number of benzene rings is 1. The van der Waals surface area contributed by atoms with E-state index in [1.807, 2.05) is 42.1 Å². The van der Waals surface area contributed by atoms with Gasteiger partial charge in [0, 0.05) is 37.9 Å². The molecule has 0 bridgehead atoms. The molecule has 1 aliphatic heterocycles. The van der Waals surface area contributed by atoms with E-state index in [1.165, 1.54) is 12.8 Å². The van der Waals surface area contributed by atoms with E-state index in [-0.39, 0.29) is 0 Å². The first kappa shape index (κ1) is 17.7. The molecule has 0 unspecified atom stereocenters. The summed E-state index contributed by atoms with van der Waals surface area (Å²) < 4.78 is 30.2. The van der Waals surface area contributed by atoms with E-state index in [4.69, 9.17) is 5.10 Å². The van der Waals surface area contributed by atoms with E-state index < -0.39 is 10.0 Å². The summed E-state index contributed by atoms with van der Waals surface area (Å²) in [6.45, 7) is 2.58. The van der Waals surface area contributed by atoms with Crippen LogP contribution < -0.4 is 0 Å². The second kappa shape index (κ2) is 7.13. The van der Waals surface area contributed by atoms with Gasteiger partial charge in [0.15, 0.2) is 0 Å². The minimum atomic E-state index is -3.55. The molecule has 0 spiro atoms. The lowest BCUT2D eigenvalue weighted by Gasteiger charge is -2.31. The van der Waals surface area contributed by atoms with Crippen molar-refractivity contribution in [1.29, 1.82) is 0 Å². The van der Waals surface area contributed by atoms with Crippen LogP contribution in [0.1, 0.15) is 31.7 Å². The predicted molar refractivity (Wildman–Crippen MR) is 101 cm³/mol. The molecule has 2 heterocycles. The monoisotopic (exact) mass is 374 g/mol. The Morgan fingerprint density at radius 1 is 1.00 bits per heavy atom. The first-order chi connectivity index (χ1) is 12.6. The molecule has 26 heavy (non-hydrogen) atoms. The zero-order chi connectivity index (χ0) is 18.1. The van der Waals surface area contributed by atoms with Crippen LogP contribution in [0.3, 0.4) is 0 Å². The van der Waals surface area contributed by atoms with Crippen molar-refractivity contribution in [3.05, 3.63) is 36.5 Å². The lowest BCUT2D eigenvalue weighted by atomic mass is 10.2. The molecule has 2 fully saturated rings. The fourth-order valence-electron chi connectivity index (χ4n) is 3.88. The quantitative estimate of drug-likeness (QED) is 0.825. The van der Waals surface area contributed by atoms with E-state index >= 15 is 0 Å². The Morgan fingerprint density at radius 2 is 1.65 bits per heavy atom. The van der Waals surface area contributed by atoms with Gasteiger partial charge in [0.05, 0.1) is 6.04 Å². The number of piperazine rings is 1. The van der Waals surface area contributed by atoms with Gasteiger partial charge in [0.2, 0.25) is 10.0 Å². The molecule has 4 rings (SSSR count). The molecule has 140 valence electrons. The van der Waals surface area contributed by atoms with Gasteiger partial charge in [-0.1, -0.05) is 43.2 Å². The molecule has 6 nitrogen and oxygen atoms in total. The SMILES string of the molecule is CN1CCN(S(=O)(=O)c2cn(C3CCCC3)nc2-c2ccccc2)CC1. The Bertz CT molecular complexity index is 849. The number of hydrogen-bond donors (Lipinski definition) is 0. The van der Waals surface area contributed by atoms with Gasteiger partial charge in [-0.3, -0.25) is 4.68 Å². The molecule has 7 heteroatoms. The van der Waals surface area contributed by atoms with Gasteiger partial charge in [0.1, 0.15) is 10.6 Å². The van der Waals surface area contributed by atoms with E-state index in [9.17, 15) is 8.42 Å². The van der Waals surface area contributed by atoms with Crippen molar-refractivity contribution in [2.24, 2.45) is 0 Å². The van der Waals surface area contributed by atoms with Crippen molar-refractivity contribution in [2.75, 3.05) is 33.2 Å². The highest BCUT2D eigenvalue weighted by molar-refractivity contribution is 7.89. The number of hydrogen-bond acceptors (Lipinski definition) is 4. The lowest BCUT2D eigenvalue weighted by Crippen LogP contribution is -2.47. The molecule has 1 aromatic heterocycles. The molecule has 0 atom stereocenters. The minimum Gasteiger partial charge on any atom is -0.304 e. The Balaban J connectivity index is 1.76. The van der Waals surface area contributed by atoms with Gasteiger partial charge in [-0.2, -0.15) is 9.40 Å². The van der Waals surface area contributed by atoms with Crippen LogP contribution in [0.5, 0.6) is 0 Å². The van der Waals surface area contributed by atoms with Crippen LogP contribution >= 0.6 is 0 Å². The molecule has 1 aromatic carbocycles. The fourth-order valence-corrected chi connectivity index (χ4v) is 5.45. The second-order valence-electron chi connectivity index (χ2n) is 7.33. The summed E-state index contributed by atoms with van der Waals surface area (Å²) in [5, 5.41) is 4.74. The maximum atomic E-state index is 13.4. The Labute approximate surface area is 155 Å². The largest absolute Gasteiger partial charge is 0.304 e. The summed E-state index contributed by atoms with van der Waals surface area (Å²) in [6.07, 6.45) is 6.29. The van der Waals surface area contributed by atoms with Crippen LogP contribution in [0.15, 0.2) is 41.4 Å². The lowest BCUT2D eigenvalue weighted by molar-refractivity contribution is 0.222. The molecular formula is C19H26N4O2S. The molecule has 1 aliphatic carbocycles. The average molecular weight is 375 g/mol. The minimum absolute atomic E-state index is 0.314. The van der Waals surface area contributed by atoms with Gasteiger partial charge in [0.25, 0.3) is 0 Å². The summed E-state index contributed by atoms with van der Waals surface area (Å²) in [5.41, 5.74) is 1.44. The molecule has 0 N–H and O–H groups in total. The van der Waals surface area contributed by atoms with Crippen LogP contribution in [0.2, 0.25) is 0 Å². The summed E-state index contributed by atoms with van der Waals surface area (Å²) in [4.78, 5) is 2.51. The maximum Gasteiger partial charge on any atom is 0.246 e. The molecule has 1 saturated heterocycles. The molecule has 2 aliphatic rings.